The fourth-order valence-corrected chi connectivity index (χ4v) is 3.12. The maximum Gasteiger partial charge on any atom is 0.158 e. The minimum Gasteiger partial charge on any atom is -0.307 e. The zero-order valence-corrected chi connectivity index (χ0v) is 12.5. The zero-order chi connectivity index (χ0) is 12.3. The van der Waals surface area contributed by atoms with Crippen LogP contribution in [0.15, 0.2) is 49.5 Å². The summed E-state index contributed by atoms with van der Waals surface area (Å²) in [6.45, 7) is 0. The highest BCUT2D eigenvalue weighted by atomic mass is 79.9. The quantitative estimate of drug-likeness (QED) is 0.488. The molecule has 0 saturated carbocycles. The highest BCUT2D eigenvalue weighted by Crippen LogP contribution is 2.35. The molecule has 2 aromatic rings. The molecular weight excluding hydrogens is 368 g/mol. The average Bonchev–Trinajstić information content (AvgIpc) is 2.32. The molecule has 1 aromatic heterocycles. The second kappa shape index (κ2) is 5.81. The van der Waals surface area contributed by atoms with Crippen LogP contribution in [-0.2, 0) is 0 Å². The first-order valence-electron chi connectivity index (χ1n) is 4.61. The number of benzene rings is 1. The Kier molecular flexibility index (Phi) is 4.38. The first-order valence-corrected chi connectivity index (χ1v) is 7.01. The van der Waals surface area contributed by atoms with Gasteiger partial charge in [0.25, 0.3) is 0 Å². The monoisotopic (exact) mass is 374 g/mol. The molecule has 17 heavy (non-hydrogen) atoms. The van der Waals surface area contributed by atoms with E-state index < -0.39 is 0 Å². The van der Waals surface area contributed by atoms with Crippen molar-refractivity contribution in [3.05, 3.63) is 39.5 Å². The van der Waals surface area contributed by atoms with Gasteiger partial charge in [-0.2, -0.15) is 0 Å². The van der Waals surface area contributed by atoms with E-state index in [1.807, 2.05) is 24.3 Å². The van der Waals surface area contributed by atoms with Crippen molar-refractivity contribution in [1.29, 1.82) is 0 Å². The molecule has 0 aliphatic carbocycles. The van der Waals surface area contributed by atoms with E-state index in [9.17, 15) is 0 Å². The molecule has 0 atom stereocenters. The summed E-state index contributed by atoms with van der Waals surface area (Å²) in [5.41, 5.74) is 2.51. The lowest BCUT2D eigenvalue weighted by Gasteiger charge is -2.06. The van der Waals surface area contributed by atoms with Gasteiger partial charge >= 0.3 is 0 Å². The predicted octanol–water partition coefficient (Wildman–Crippen LogP) is 3.44. The molecular formula is C10H8Br2N4S. The van der Waals surface area contributed by atoms with Crippen LogP contribution in [0.25, 0.3) is 0 Å². The lowest BCUT2D eigenvalue weighted by Crippen LogP contribution is -2.09. The van der Waals surface area contributed by atoms with Gasteiger partial charge in [-0.1, -0.05) is 33.8 Å². The molecule has 0 bridgehead atoms. The van der Waals surface area contributed by atoms with Gasteiger partial charge in [-0.15, -0.1) is 0 Å². The molecule has 0 unspecified atom stereocenters. The Morgan fingerprint density at radius 2 is 2.06 bits per heavy atom. The van der Waals surface area contributed by atoms with Crippen LogP contribution in [0, 0.1) is 0 Å². The van der Waals surface area contributed by atoms with Crippen LogP contribution in [0.2, 0.25) is 0 Å². The standard InChI is InChI=1S/C10H8Br2N4S/c11-6-2-1-3-7(4-6)17-10-8(12)9(16-13)14-5-15-10/h1-5H,13H2,(H,14,15,16). The molecule has 7 heteroatoms. The molecule has 0 amide bonds. The predicted molar refractivity (Wildman–Crippen MR) is 75.8 cm³/mol. The molecule has 1 aromatic carbocycles. The fraction of sp³-hybridized carbons (Fsp3) is 0. The van der Waals surface area contributed by atoms with E-state index >= 15 is 0 Å². The second-order valence-electron chi connectivity index (χ2n) is 3.05. The van der Waals surface area contributed by atoms with Gasteiger partial charge in [-0.3, -0.25) is 0 Å². The normalized spacial score (nSPS) is 10.3. The summed E-state index contributed by atoms with van der Waals surface area (Å²) in [6.07, 6.45) is 1.47. The fourth-order valence-electron chi connectivity index (χ4n) is 1.17. The van der Waals surface area contributed by atoms with Gasteiger partial charge in [0.05, 0.1) is 4.47 Å². The molecule has 4 nitrogen and oxygen atoms in total. The molecule has 0 saturated heterocycles. The third kappa shape index (κ3) is 3.19. The Morgan fingerprint density at radius 3 is 2.76 bits per heavy atom. The van der Waals surface area contributed by atoms with Crippen molar-refractivity contribution in [1.82, 2.24) is 9.97 Å². The Bertz CT molecular complexity index is 535. The first kappa shape index (κ1) is 12.8. The number of nitrogens with zero attached hydrogens (tertiary/aromatic N) is 2. The van der Waals surface area contributed by atoms with Crippen LogP contribution in [0.5, 0.6) is 0 Å². The van der Waals surface area contributed by atoms with Crippen molar-refractivity contribution in [3.63, 3.8) is 0 Å². The Morgan fingerprint density at radius 1 is 1.24 bits per heavy atom. The Balaban J connectivity index is 2.30. The number of nitrogens with one attached hydrogen (secondary N) is 1. The van der Waals surface area contributed by atoms with Crippen molar-refractivity contribution in [2.24, 2.45) is 5.84 Å². The minimum atomic E-state index is 0.567. The Labute approximate surface area is 120 Å². The van der Waals surface area contributed by atoms with Gasteiger partial charge < -0.3 is 5.43 Å². The van der Waals surface area contributed by atoms with Gasteiger partial charge in [-0.25, -0.2) is 15.8 Å². The molecule has 0 spiro atoms. The lowest BCUT2D eigenvalue weighted by atomic mass is 10.4. The van der Waals surface area contributed by atoms with Crippen molar-refractivity contribution in [2.45, 2.75) is 9.92 Å². The van der Waals surface area contributed by atoms with Crippen LogP contribution < -0.4 is 11.3 Å². The summed E-state index contributed by atoms with van der Waals surface area (Å²) >= 11 is 8.38. The minimum absolute atomic E-state index is 0.567. The number of aromatic nitrogens is 2. The summed E-state index contributed by atoms with van der Waals surface area (Å²) in [5, 5.41) is 0.811. The summed E-state index contributed by atoms with van der Waals surface area (Å²) < 4.78 is 1.79. The van der Waals surface area contributed by atoms with E-state index in [0.717, 1.165) is 18.9 Å². The van der Waals surface area contributed by atoms with Gasteiger partial charge in [0.1, 0.15) is 11.4 Å². The van der Waals surface area contributed by atoms with Crippen LogP contribution in [-0.4, -0.2) is 9.97 Å². The summed E-state index contributed by atoms with van der Waals surface area (Å²) in [4.78, 5) is 9.29. The molecule has 0 aliphatic heterocycles. The number of anilines is 1. The summed E-state index contributed by atoms with van der Waals surface area (Å²) in [5.74, 6) is 5.92. The molecule has 0 fully saturated rings. The number of nitrogen functional groups attached to an aromatic ring is 1. The number of nitrogens with two attached hydrogens (primary N) is 1. The number of hydrogen-bond acceptors (Lipinski definition) is 5. The SMILES string of the molecule is NNc1ncnc(Sc2cccc(Br)c2)c1Br. The van der Waals surface area contributed by atoms with Crippen LogP contribution in [0.1, 0.15) is 0 Å². The van der Waals surface area contributed by atoms with E-state index in [1.165, 1.54) is 18.1 Å². The smallest absolute Gasteiger partial charge is 0.158 e. The molecule has 1 heterocycles. The van der Waals surface area contributed by atoms with Crippen LogP contribution in [0.4, 0.5) is 5.82 Å². The molecule has 2 rings (SSSR count). The van der Waals surface area contributed by atoms with Crippen LogP contribution >= 0.6 is 43.6 Å². The average molecular weight is 376 g/mol. The van der Waals surface area contributed by atoms with Gasteiger partial charge in [-0.05, 0) is 34.1 Å². The van der Waals surface area contributed by atoms with Gasteiger partial charge in [0.15, 0.2) is 5.82 Å². The number of halogens is 2. The lowest BCUT2D eigenvalue weighted by molar-refractivity contribution is 1.02. The van der Waals surface area contributed by atoms with E-state index in [-0.39, 0.29) is 0 Å². The maximum atomic E-state index is 5.35. The van der Waals surface area contributed by atoms with E-state index in [0.29, 0.717) is 5.82 Å². The number of rotatable bonds is 3. The topological polar surface area (TPSA) is 63.8 Å². The van der Waals surface area contributed by atoms with Crippen molar-refractivity contribution in [3.8, 4) is 0 Å². The summed E-state index contributed by atoms with van der Waals surface area (Å²) in [6, 6.07) is 7.99. The van der Waals surface area contributed by atoms with E-state index in [1.54, 1.807) is 0 Å². The molecule has 88 valence electrons. The summed E-state index contributed by atoms with van der Waals surface area (Å²) in [7, 11) is 0. The highest BCUT2D eigenvalue weighted by molar-refractivity contribution is 9.11. The van der Waals surface area contributed by atoms with E-state index in [2.05, 4.69) is 47.3 Å². The molecule has 0 aliphatic rings. The third-order valence-electron chi connectivity index (χ3n) is 1.90. The van der Waals surface area contributed by atoms with Gasteiger partial charge in [0.2, 0.25) is 0 Å². The first-order chi connectivity index (χ1) is 8.20. The third-order valence-corrected chi connectivity index (χ3v) is 4.40. The van der Waals surface area contributed by atoms with Crippen molar-refractivity contribution in [2.75, 3.05) is 5.43 Å². The van der Waals surface area contributed by atoms with Crippen molar-refractivity contribution < 1.29 is 0 Å². The van der Waals surface area contributed by atoms with Crippen LogP contribution in [0.3, 0.4) is 0 Å². The van der Waals surface area contributed by atoms with E-state index in [4.69, 9.17) is 5.84 Å². The molecule has 3 N–H and O–H groups in total. The molecule has 0 radical (unpaired) electrons. The number of hydrogen-bond donors (Lipinski definition) is 2. The highest BCUT2D eigenvalue weighted by Gasteiger charge is 2.09. The Hall–Kier alpha value is -0.630. The van der Waals surface area contributed by atoms with Crippen molar-refractivity contribution >= 4 is 49.4 Å². The van der Waals surface area contributed by atoms with Gasteiger partial charge in [0, 0.05) is 9.37 Å². The number of hydrazine groups is 1. The largest absolute Gasteiger partial charge is 0.307 e. The maximum absolute atomic E-state index is 5.35. The zero-order valence-electron chi connectivity index (χ0n) is 8.52. The second-order valence-corrected chi connectivity index (χ2v) is 5.82.